The monoisotopic (exact) mass is 274 g/mol. The van der Waals surface area contributed by atoms with Gasteiger partial charge in [0.05, 0.1) is 12.0 Å². The predicted octanol–water partition coefficient (Wildman–Crippen LogP) is 4.07. The maximum Gasteiger partial charge on any atom is 0.127 e. The van der Waals surface area contributed by atoms with Crippen LogP contribution in [0.2, 0.25) is 0 Å². The molecule has 1 heterocycles. The molecule has 0 fully saturated rings. The molecule has 0 bridgehead atoms. The summed E-state index contributed by atoms with van der Waals surface area (Å²) in [6, 6.07) is 4.18. The van der Waals surface area contributed by atoms with Crippen LogP contribution < -0.4 is 4.74 Å². The number of alkyl halides is 1. The van der Waals surface area contributed by atoms with Crippen LogP contribution in [0.4, 0.5) is 0 Å². The summed E-state index contributed by atoms with van der Waals surface area (Å²) in [7, 11) is 0. The minimum atomic E-state index is 0.0550. The van der Waals surface area contributed by atoms with Crippen molar-refractivity contribution in [1.29, 1.82) is 0 Å². The quantitative estimate of drug-likeness (QED) is 0.739. The van der Waals surface area contributed by atoms with Gasteiger partial charge in [-0.25, -0.2) is 0 Å². The van der Waals surface area contributed by atoms with Crippen LogP contribution >= 0.6 is 27.5 Å². The summed E-state index contributed by atoms with van der Waals surface area (Å²) in [6.07, 6.45) is 1.92. The molecule has 0 saturated heterocycles. The normalized spacial score (nSPS) is 16.2. The Morgan fingerprint density at radius 2 is 2.36 bits per heavy atom. The third-order valence-corrected chi connectivity index (χ3v) is 3.47. The summed E-state index contributed by atoms with van der Waals surface area (Å²) in [5, 5.41) is 0.0550. The highest BCUT2D eigenvalue weighted by Crippen LogP contribution is 2.39. The molecule has 1 nitrogen and oxygen atoms in total. The molecular formula is C11H12BrClO. The molecule has 1 atom stereocenters. The lowest BCUT2D eigenvalue weighted by Crippen LogP contribution is -1.94. The Kier molecular flexibility index (Phi) is 3.03. The van der Waals surface area contributed by atoms with Crippen LogP contribution in [0.5, 0.6) is 5.75 Å². The largest absolute Gasteiger partial charge is 0.493 e. The average Bonchev–Trinajstić information content (AvgIpc) is 2.62. The van der Waals surface area contributed by atoms with Crippen LogP contribution in [0, 0.1) is 0 Å². The summed E-state index contributed by atoms with van der Waals surface area (Å²) >= 11 is 9.74. The molecule has 0 aromatic heterocycles. The van der Waals surface area contributed by atoms with Crippen molar-refractivity contribution in [2.45, 2.75) is 25.1 Å². The fourth-order valence-electron chi connectivity index (χ4n) is 1.75. The minimum absolute atomic E-state index is 0.0550. The molecule has 0 aliphatic carbocycles. The fraction of sp³-hybridized carbons (Fsp3) is 0.455. The van der Waals surface area contributed by atoms with Crippen LogP contribution in [-0.2, 0) is 6.42 Å². The highest BCUT2D eigenvalue weighted by molar-refractivity contribution is 9.10. The zero-order chi connectivity index (χ0) is 10.1. The van der Waals surface area contributed by atoms with E-state index >= 15 is 0 Å². The van der Waals surface area contributed by atoms with E-state index in [1.54, 1.807) is 0 Å². The lowest BCUT2D eigenvalue weighted by Gasteiger charge is -2.12. The number of fused-ring (bicyclic) bond motifs is 1. The Morgan fingerprint density at radius 3 is 3.07 bits per heavy atom. The second kappa shape index (κ2) is 4.11. The summed E-state index contributed by atoms with van der Waals surface area (Å²) in [6.45, 7) is 2.87. The van der Waals surface area contributed by atoms with Crippen molar-refractivity contribution < 1.29 is 4.74 Å². The second-order valence-corrected chi connectivity index (χ2v) is 4.90. The van der Waals surface area contributed by atoms with E-state index in [4.69, 9.17) is 16.3 Å². The molecule has 0 N–H and O–H groups in total. The number of rotatable bonds is 2. The molecule has 76 valence electrons. The third-order valence-electron chi connectivity index (χ3n) is 2.47. The van der Waals surface area contributed by atoms with Crippen molar-refractivity contribution in [3.63, 3.8) is 0 Å². The van der Waals surface area contributed by atoms with Gasteiger partial charge >= 0.3 is 0 Å². The van der Waals surface area contributed by atoms with Gasteiger partial charge in [-0.2, -0.15) is 0 Å². The minimum Gasteiger partial charge on any atom is -0.493 e. The maximum atomic E-state index is 6.25. The van der Waals surface area contributed by atoms with E-state index in [2.05, 4.69) is 35.0 Å². The van der Waals surface area contributed by atoms with E-state index in [1.165, 1.54) is 5.56 Å². The molecule has 3 heteroatoms. The van der Waals surface area contributed by atoms with E-state index in [0.717, 1.165) is 35.2 Å². The molecule has 1 unspecified atom stereocenters. The Bertz CT molecular complexity index is 351. The van der Waals surface area contributed by atoms with Crippen molar-refractivity contribution in [1.82, 2.24) is 0 Å². The first-order valence-corrected chi connectivity index (χ1v) is 6.04. The number of halogens is 2. The van der Waals surface area contributed by atoms with Gasteiger partial charge in [0.1, 0.15) is 5.75 Å². The van der Waals surface area contributed by atoms with Crippen molar-refractivity contribution in [2.24, 2.45) is 0 Å². The van der Waals surface area contributed by atoms with E-state index in [1.807, 2.05) is 0 Å². The van der Waals surface area contributed by atoms with Gasteiger partial charge < -0.3 is 4.74 Å². The standard InChI is InChI=1S/C11H12BrClO/c1-2-10(13)9-6-8(12)5-7-3-4-14-11(7)9/h5-6,10H,2-4H2,1H3. The molecule has 1 aliphatic heterocycles. The Hall–Kier alpha value is -0.210. The van der Waals surface area contributed by atoms with E-state index < -0.39 is 0 Å². The highest BCUT2D eigenvalue weighted by Gasteiger charge is 2.20. The van der Waals surface area contributed by atoms with Gasteiger partial charge in [-0.15, -0.1) is 11.6 Å². The summed E-state index contributed by atoms with van der Waals surface area (Å²) < 4.78 is 6.70. The molecule has 0 saturated carbocycles. The lowest BCUT2D eigenvalue weighted by atomic mass is 10.0. The molecule has 0 amide bonds. The SMILES string of the molecule is CCC(Cl)c1cc(Br)cc2c1OCC2. The van der Waals surface area contributed by atoms with Crippen molar-refractivity contribution in [3.05, 3.63) is 27.7 Å². The molecule has 0 spiro atoms. The third kappa shape index (κ3) is 1.78. The molecular weight excluding hydrogens is 263 g/mol. The second-order valence-electron chi connectivity index (χ2n) is 3.46. The molecule has 2 rings (SSSR count). The van der Waals surface area contributed by atoms with Gasteiger partial charge in [0.15, 0.2) is 0 Å². The van der Waals surface area contributed by atoms with Crippen LogP contribution in [0.25, 0.3) is 0 Å². The van der Waals surface area contributed by atoms with Crippen molar-refractivity contribution in [2.75, 3.05) is 6.61 Å². The van der Waals surface area contributed by atoms with Crippen molar-refractivity contribution >= 4 is 27.5 Å². The van der Waals surface area contributed by atoms with Crippen LogP contribution in [0.1, 0.15) is 29.8 Å². The lowest BCUT2D eigenvalue weighted by molar-refractivity contribution is 0.353. The van der Waals surface area contributed by atoms with Crippen LogP contribution in [0.15, 0.2) is 16.6 Å². The number of hydrogen-bond donors (Lipinski definition) is 0. The fourth-order valence-corrected chi connectivity index (χ4v) is 2.44. The highest BCUT2D eigenvalue weighted by atomic mass is 79.9. The first-order valence-electron chi connectivity index (χ1n) is 4.81. The number of benzene rings is 1. The topological polar surface area (TPSA) is 9.23 Å². The molecule has 1 aromatic rings. The predicted molar refractivity (Wildman–Crippen MR) is 62.2 cm³/mol. The molecule has 0 radical (unpaired) electrons. The van der Waals surface area contributed by atoms with E-state index in [9.17, 15) is 0 Å². The Morgan fingerprint density at radius 1 is 1.57 bits per heavy atom. The first kappa shape index (κ1) is 10.3. The zero-order valence-corrected chi connectivity index (χ0v) is 10.4. The van der Waals surface area contributed by atoms with E-state index in [0.29, 0.717) is 0 Å². The van der Waals surface area contributed by atoms with Crippen LogP contribution in [0.3, 0.4) is 0 Å². The Balaban J connectivity index is 2.48. The van der Waals surface area contributed by atoms with Gasteiger partial charge in [0.2, 0.25) is 0 Å². The number of ether oxygens (including phenoxy) is 1. The maximum absolute atomic E-state index is 6.25. The smallest absolute Gasteiger partial charge is 0.127 e. The molecule has 14 heavy (non-hydrogen) atoms. The van der Waals surface area contributed by atoms with Gasteiger partial charge in [-0.1, -0.05) is 22.9 Å². The summed E-state index contributed by atoms with van der Waals surface area (Å²) in [5.74, 6) is 1.01. The Labute approximate surface area is 97.5 Å². The van der Waals surface area contributed by atoms with Gasteiger partial charge in [0, 0.05) is 16.5 Å². The molecule has 1 aliphatic rings. The average molecular weight is 276 g/mol. The first-order chi connectivity index (χ1) is 6.72. The zero-order valence-electron chi connectivity index (χ0n) is 8.02. The summed E-state index contributed by atoms with van der Waals surface area (Å²) in [5.41, 5.74) is 2.39. The summed E-state index contributed by atoms with van der Waals surface area (Å²) in [4.78, 5) is 0. The van der Waals surface area contributed by atoms with E-state index in [-0.39, 0.29) is 5.38 Å². The van der Waals surface area contributed by atoms with Gasteiger partial charge in [-0.05, 0) is 24.1 Å². The van der Waals surface area contributed by atoms with Gasteiger partial charge in [-0.3, -0.25) is 0 Å². The van der Waals surface area contributed by atoms with Crippen LogP contribution in [-0.4, -0.2) is 6.61 Å². The number of hydrogen-bond acceptors (Lipinski definition) is 1. The molecule has 1 aromatic carbocycles. The van der Waals surface area contributed by atoms with Crippen molar-refractivity contribution in [3.8, 4) is 5.75 Å². The van der Waals surface area contributed by atoms with Gasteiger partial charge in [0.25, 0.3) is 0 Å².